The Morgan fingerprint density at radius 2 is 1.85 bits per heavy atom. The van der Waals surface area contributed by atoms with Gasteiger partial charge in [0.2, 0.25) is 10.0 Å². The van der Waals surface area contributed by atoms with Crippen molar-refractivity contribution in [1.29, 1.82) is 0 Å². The van der Waals surface area contributed by atoms with Crippen molar-refractivity contribution in [1.82, 2.24) is 19.7 Å². The van der Waals surface area contributed by atoms with Crippen LogP contribution >= 0.6 is 0 Å². The van der Waals surface area contributed by atoms with Crippen molar-refractivity contribution in [2.45, 2.75) is 23.8 Å². The Bertz CT molecular complexity index is 1010. The van der Waals surface area contributed by atoms with Gasteiger partial charge >= 0.3 is 0 Å². The van der Waals surface area contributed by atoms with Gasteiger partial charge in [-0.25, -0.2) is 27.5 Å². The number of H-pyrrole nitrogens is 1. The highest BCUT2D eigenvalue weighted by Crippen LogP contribution is 2.25. The minimum absolute atomic E-state index is 0.0751. The molecule has 1 saturated heterocycles. The molecule has 0 unspecified atom stereocenters. The van der Waals surface area contributed by atoms with Crippen molar-refractivity contribution in [2.75, 3.05) is 18.0 Å². The van der Waals surface area contributed by atoms with E-state index in [0.717, 1.165) is 29.0 Å². The van der Waals surface area contributed by atoms with Crippen molar-refractivity contribution in [3.05, 3.63) is 48.7 Å². The number of piperidine rings is 1. The second kappa shape index (κ2) is 6.65. The zero-order chi connectivity index (χ0) is 18.1. The molecule has 1 aliphatic heterocycles. The second-order valence-corrected chi connectivity index (χ2v) is 7.99. The van der Waals surface area contributed by atoms with Crippen molar-refractivity contribution in [3.63, 3.8) is 0 Å². The van der Waals surface area contributed by atoms with Crippen LogP contribution in [-0.4, -0.2) is 42.5 Å². The van der Waals surface area contributed by atoms with Crippen LogP contribution in [0.5, 0.6) is 0 Å². The number of benzene rings is 1. The highest BCUT2D eigenvalue weighted by atomic mass is 32.2. The molecule has 1 fully saturated rings. The number of halogens is 1. The number of rotatable bonds is 4. The summed E-state index contributed by atoms with van der Waals surface area (Å²) in [5, 5.41) is 0.956. The van der Waals surface area contributed by atoms with E-state index in [1.807, 2.05) is 12.3 Å². The smallest absolute Gasteiger partial charge is 0.240 e. The van der Waals surface area contributed by atoms with E-state index in [9.17, 15) is 12.8 Å². The van der Waals surface area contributed by atoms with Gasteiger partial charge in [0.15, 0.2) is 0 Å². The Labute approximate surface area is 150 Å². The molecule has 0 bridgehead atoms. The molecule has 0 saturated carbocycles. The molecule has 0 amide bonds. The van der Waals surface area contributed by atoms with E-state index in [1.165, 1.54) is 18.5 Å². The van der Waals surface area contributed by atoms with Crippen LogP contribution in [0.1, 0.15) is 12.8 Å². The Morgan fingerprint density at radius 1 is 1.12 bits per heavy atom. The van der Waals surface area contributed by atoms with Crippen molar-refractivity contribution in [2.24, 2.45) is 0 Å². The minimum atomic E-state index is -3.65. The third-order valence-electron chi connectivity index (χ3n) is 4.57. The molecule has 26 heavy (non-hydrogen) atoms. The maximum Gasteiger partial charge on any atom is 0.240 e. The molecule has 9 heteroatoms. The number of hydrogen-bond donors (Lipinski definition) is 2. The third kappa shape index (κ3) is 3.27. The van der Waals surface area contributed by atoms with E-state index in [2.05, 4.69) is 24.6 Å². The van der Waals surface area contributed by atoms with Crippen molar-refractivity contribution in [3.8, 4) is 0 Å². The molecule has 0 radical (unpaired) electrons. The number of aromatic nitrogens is 3. The minimum Gasteiger partial charge on any atom is -0.356 e. The summed E-state index contributed by atoms with van der Waals surface area (Å²) in [7, 11) is -3.65. The standard InChI is InChI=1S/C17H18FN5O2S/c18-12-1-3-14(4-2-12)26(24,25)22-13-6-9-23(10-7-13)17-15-5-8-19-16(15)20-11-21-17/h1-5,8,11,13,22H,6-7,9-10H2,(H,19,20,21). The lowest BCUT2D eigenvalue weighted by molar-refractivity contribution is 0.459. The van der Waals surface area contributed by atoms with E-state index in [1.54, 1.807) is 0 Å². The largest absolute Gasteiger partial charge is 0.356 e. The van der Waals surface area contributed by atoms with Gasteiger partial charge in [-0.05, 0) is 43.2 Å². The fourth-order valence-corrected chi connectivity index (χ4v) is 4.53. The summed E-state index contributed by atoms with van der Waals surface area (Å²) >= 11 is 0. The van der Waals surface area contributed by atoms with Crippen LogP contribution in [0.15, 0.2) is 47.8 Å². The van der Waals surface area contributed by atoms with Gasteiger partial charge in [-0.2, -0.15) is 0 Å². The van der Waals surface area contributed by atoms with E-state index in [0.29, 0.717) is 25.9 Å². The second-order valence-electron chi connectivity index (χ2n) is 6.27. The van der Waals surface area contributed by atoms with Crippen LogP contribution in [-0.2, 0) is 10.0 Å². The van der Waals surface area contributed by atoms with Crippen LogP contribution in [0.3, 0.4) is 0 Å². The SMILES string of the molecule is O=S(=O)(NC1CCN(c2ncnc3[nH]ccc23)CC1)c1ccc(F)cc1. The highest BCUT2D eigenvalue weighted by molar-refractivity contribution is 7.89. The summed E-state index contributed by atoms with van der Waals surface area (Å²) in [5.74, 6) is 0.397. The first-order valence-corrected chi connectivity index (χ1v) is 9.82. The van der Waals surface area contributed by atoms with E-state index in [-0.39, 0.29) is 10.9 Å². The fraction of sp³-hybridized carbons (Fsp3) is 0.294. The number of nitrogens with one attached hydrogen (secondary N) is 2. The van der Waals surface area contributed by atoms with Crippen LogP contribution < -0.4 is 9.62 Å². The van der Waals surface area contributed by atoms with Gasteiger partial charge in [-0.15, -0.1) is 0 Å². The van der Waals surface area contributed by atoms with Gasteiger partial charge in [0.1, 0.15) is 23.6 Å². The average Bonchev–Trinajstić information content (AvgIpc) is 3.11. The molecule has 2 aromatic heterocycles. The van der Waals surface area contributed by atoms with Crippen LogP contribution in [0.2, 0.25) is 0 Å². The number of fused-ring (bicyclic) bond motifs is 1. The Balaban J connectivity index is 1.44. The first kappa shape index (κ1) is 16.9. The Hall–Kier alpha value is -2.52. The van der Waals surface area contributed by atoms with E-state index >= 15 is 0 Å². The van der Waals surface area contributed by atoms with Crippen molar-refractivity contribution >= 4 is 26.9 Å². The van der Waals surface area contributed by atoms with Gasteiger partial charge in [0, 0.05) is 25.3 Å². The lowest BCUT2D eigenvalue weighted by Crippen LogP contribution is -2.44. The highest BCUT2D eigenvalue weighted by Gasteiger charge is 2.26. The predicted octanol–water partition coefficient (Wildman–Crippen LogP) is 2.04. The number of aromatic amines is 1. The topological polar surface area (TPSA) is 91.0 Å². The van der Waals surface area contributed by atoms with Gasteiger partial charge in [-0.1, -0.05) is 0 Å². The first-order chi connectivity index (χ1) is 12.5. The van der Waals surface area contributed by atoms with Crippen molar-refractivity contribution < 1.29 is 12.8 Å². The predicted molar refractivity (Wildman–Crippen MR) is 95.8 cm³/mol. The molecule has 0 atom stereocenters. The maximum atomic E-state index is 13.0. The Morgan fingerprint density at radius 3 is 2.58 bits per heavy atom. The van der Waals surface area contributed by atoms with E-state index in [4.69, 9.17) is 0 Å². The number of nitrogens with zero attached hydrogens (tertiary/aromatic N) is 3. The number of hydrogen-bond acceptors (Lipinski definition) is 5. The summed E-state index contributed by atoms with van der Waals surface area (Å²) in [6.07, 6.45) is 4.68. The molecule has 7 nitrogen and oxygen atoms in total. The summed E-state index contributed by atoms with van der Waals surface area (Å²) in [6, 6.07) is 6.62. The molecule has 2 N–H and O–H groups in total. The number of anilines is 1. The van der Waals surface area contributed by atoms with Crippen LogP contribution in [0, 0.1) is 5.82 Å². The summed E-state index contributed by atoms with van der Waals surface area (Å²) in [4.78, 5) is 13.8. The maximum absolute atomic E-state index is 13.0. The molecule has 136 valence electrons. The summed E-state index contributed by atoms with van der Waals surface area (Å²) < 4.78 is 40.6. The molecule has 1 aliphatic rings. The zero-order valence-electron chi connectivity index (χ0n) is 13.9. The first-order valence-electron chi connectivity index (χ1n) is 8.34. The van der Waals surface area contributed by atoms with Gasteiger partial charge < -0.3 is 9.88 Å². The summed E-state index contributed by atoms with van der Waals surface area (Å²) in [6.45, 7) is 1.38. The van der Waals surface area contributed by atoms with Gasteiger partial charge in [-0.3, -0.25) is 0 Å². The molecule has 0 aliphatic carbocycles. The molecule has 3 aromatic rings. The lowest BCUT2D eigenvalue weighted by atomic mass is 10.1. The molecular formula is C17H18FN5O2S. The normalized spacial score (nSPS) is 16.3. The lowest BCUT2D eigenvalue weighted by Gasteiger charge is -2.33. The van der Waals surface area contributed by atoms with E-state index < -0.39 is 15.8 Å². The van der Waals surface area contributed by atoms with Gasteiger partial charge in [0.25, 0.3) is 0 Å². The molecule has 1 aromatic carbocycles. The molecular weight excluding hydrogens is 357 g/mol. The molecule has 3 heterocycles. The van der Waals surface area contributed by atoms with Crippen LogP contribution in [0.4, 0.5) is 10.2 Å². The molecule has 0 spiro atoms. The summed E-state index contributed by atoms with van der Waals surface area (Å²) in [5.41, 5.74) is 0.786. The molecule has 4 rings (SSSR count). The third-order valence-corrected chi connectivity index (χ3v) is 6.11. The fourth-order valence-electron chi connectivity index (χ4n) is 3.22. The zero-order valence-corrected chi connectivity index (χ0v) is 14.7. The quantitative estimate of drug-likeness (QED) is 0.728. The monoisotopic (exact) mass is 375 g/mol. The van der Waals surface area contributed by atoms with Crippen LogP contribution in [0.25, 0.3) is 11.0 Å². The Kier molecular flexibility index (Phi) is 4.33. The number of sulfonamides is 1. The average molecular weight is 375 g/mol. The van der Waals surface area contributed by atoms with Gasteiger partial charge in [0.05, 0.1) is 10.3 Å².